The molecular formula is C14H15NO. The van der Waals surface area contributed by atoms with E-state index in [4.69, 9.17) is 0 Å². The van der Waals surface area contributed by atoms with Crippen molar-refractivity contribution in [3.8, 4) is 0 Å². The zero-order valence-corrected chi connectivity index (χ0v) is 9.36. The molecule has 0 atom stereocenters. The normalized spacial score (nSPS) is 11.3. The highest BCUT2D eigenvalue weighted by molar-refractivity contribution is 5.87. The van der Waals surface area contributed by atoms with Gasteiger partial charge in [0.25, 0.3) is 0 Å². The van der Waals surface area contributed by atoms with Crippen LogP contribution in [0.4, 0.5) is 0 Å². The first-order valence-corrected chi connectivity index (χ1v) is 5.60. The molecule has 1 N–H and O–H groups in total. The summed E-state index contributed by atoms with van der Waals surface area (Å²) in [6, 6.07) is 9.39. The van der Waals surface area contributed by atoms with Gasteiger partial charge in [-0.15, -0.1) is 0 Å². The van der Waals surface area contributed by atoms with Crippen LogP contribution in [0.1, 0.15) is 25.3 Å². The van der Waals surface area contributed by atoms with E-state index in [-0.39, 0.29) is 5.56 Å². The van der Waals surface area contributed by atoms with E-state index in [2.05, 4.69) is 30.1 Å². The third-order valence-electron chi connectivity index (χ3n) is 2.55. The molecule has 0 bridgehead atoms. The topological polar surface area (TPSA) is 32.9 Å². The smallest absolute Gasteiger partial charge is 0.248 e. The van der Waals surface area contributed by atoms with Gasteiger partial charge in [-0.3, -0.25) is 4.79 Å². The monoisotopic (exact) mass is 213 g/mol. The second kappa shape index (κ2) is 4.79. The van der Waals surface area contributed by atoms with Gasteiger partial charge >= 0.3 is 0 Å². The molecule has 0 aliphatic heterocycles. The van der Waals surface area contributed by atoms with E-state index in [0.717, 1.165) is 29.3 Å². The number of pyridine rings is 1. The minimum absolute atomic E-state index is 0.0535. The lowest BCUT2D eigenvalue weighted by atomic mass is 10.1. The molecule has 82 valence electrons. The standard InChI is InChI=1S/C14H15NO/c1-2-3-4-6-11-7-5-8-13-12(11)9-10-14(16)15-13/h4-10H,2-3H2,1H3,(H,15,16). The fraction of sp³-hybridized carbons (Fsp3) is 0.214. The van der Waals surface area contributed by atoms with E-state index in [1.807, 2.05) is 18.2 Å². The summed E-state index contributed by atoms with van der Waals surface area (Å²) >= 11 is 0. The first kappa shape index (κ1) is 10.7. The molecule has 1 aromatic carbocycles. The molecule has 0 aliphatic rings. The van der Waals surface area contributed by atoms with Crippen molar-refractivity contribution in [1.29, 1.82) is 0 Å². The van der Waals surface area contributed by atoms with Crippen LogP contribution in [0.5, 0.6) is 0 Å². The fourth-order valence-corrected chi connectivity index (χ4v) is 1.73. The number of rotatable bonds is 3. The average molecular weight is 213 g/mol. The van der Waals surface area contributed by atoms with Gasteiger partial charge < -0.3 is 4.98 Å². The fourth-order valence-electron chi connectivity index (χ4n) is 1.73. The highest BCUT2D eigenvalue weighted by Crippen LogP contribution is 2.16. The highest BCUT2D eigenvalue weighted by atomic mass is 16.1. The zero-order chi connectivity index (χ0) is 11.4. The first-order valence-electron chi connectivity index (χ1n) is 5.60. The van der Waals surface area contributed by atoms with Crippen LogP contribution in [0.3, 0.4) is 0 Å². The Bertz CT molecular complexity index is 566. The summed E-state index contributed by atoms with van der Waals surface area (Å²) in [6.45, 7) is 2.16. The van der Waals surface area contributed by atoms with Crippen LogP contribution in [0.25, 0.3) is 17.0 Å². The van der Waals surface area contributed by atoms with Crippen LogP contribution in [0.15, 0.2) is 41.2 Å². The zero-order valence-electron chi connectivity index (χ0n) is 9.36. The minimum Gasteiger partial charge on any atom is -0.322 e. The van der Waals surface area contributed by atoms with Gasteiger partial charge in [-0.05, 0) is 24.1 Å². The van der Waals surface area contributed by atoms with Crippen molar-refractivity contribution < 1.29 is 0 Å². The molecule has 1 aromatic heterocycles. The largest absolute Gasteiger partial charge is 0.322 e. The van der Waals surface area contributed by atoms with Gasteiger partial charge in [0.1, 0.15) is 0 Å². The quantitative estimate of drug-likeness (QED) is 0.833. The molecule has 2 heteroatoms. The van der Waals surface area contributed by atoms with Crippen LogP contribution in [0.2, 0.25) is 0 Å². The third-order valence-corrected chi connectivity index (χ3v) is 2.55. The van der Waals surface area contributed by atoms with E-state index in [0.29, 0.717) is 0 Å². The van der Waals surface area contributed by atoms with Crippen molar-refractivity contribution in [3.63, 3.8) is 0 Å². The Balaban J connectivity index is 2.49. The van der Waals surface area contributed by atoms with Gasteiger partial charge in [-0.2, -0.15) is 0 Å². The number of benzene rings is 1. The Labute approximate surface area is 94.6 Å². The molecule has 0 saturated heterocycles. The van der Waals surface area contributed by atoms with Gasteiger partial charge in [0.2, 0.25) is 5.56 Å². The van der Waals surface area contributed by atoms with Crippen molar-refractivity contribution in [2.45, 2.75) is 19.8 Å². The lowest BCUT2D eigenvalue weighted by Gasteiger charge is -2.01. The molecular weight excluding hydrogens is 198 g/mol. The number of H-pyrrole nitrogens is 1. The summed E-state index contributed by atoms with van der Waals surface area (Å²) in [5.74, 6) is 0. The molecule has 0 saturated carbocycles. The third kappa shape index (κ3) is 2.22. The Hall–Kier alpha value is -1.83. The van der Waals surface area contributed by atoms with Crippen LogP contribution < -0.4 is 5.56 Å². The van der Waals surface area contributed by atoms with Gasteiger partial charge in [0, 0.05) is 17.0 Å². The second-order valence-electron chi connectivity index (χ2n) is 3.82. The molecule has 2 aromatic rings. The molecule has 0 spiro atoms. The molecule has 2 nitrogen and oxygen atoms in total. The lowest BCUT2D eigenvalue weighted by Crippen LogP contribution is -2.02. The molecule has 2 rings (SSSR count). The number of hydrogen-bond acceptors (Lipinski definition) is 1. The van der Waals surface area contributed by atoms with Crippen LogP contribution in [0, 0.1) is 0 Å². The Morgan fingerprint density at radius 3 is 2.94 bits per heavy atom. The molecule has 1 heterocycles. The number of aromatic amines is 1. The summed E-state index contributed by atoms with van der Waals surface area (Å²) in [4.78, 5) is 14.0. The SMILES string of the molecule is CCCC=Cc1cccc2[nH]c(=O)ccc12. The Kier molecular flexibility index (Phi) is 3.20. The maximum atomic E-state index is 11.2. The molecule has 0 aliphatic carbocycles. The number of hydrogen-bond donors (Lipinski definition) is 1. The predicted molar refractivity (Wildman–Crippen MR) is 68.5 cm³/mol. The van der Waals surface area contributed by atoms with Gasteiger partial charge in [0.15, 0.2) is 0 Å². The van der Waals surface area contributed by atoms with Crippen LogP contribution in [-0.4, -0.2) is 4.98 Å². The van der Waals surface area contributed by atoms with E-state index in [9.17, 15) is 4.79 Å². The Morgan fingerprint density at radius 1 is 1.25 bits per heavy atom. The van der Waals surface area contributed by atoms with Crippen LogP contribution >= 0.6 is 0 Å². The van der Waals surface area contributed by atoms with Crippen LogP contribution in [-0.2, 0) is 0 Å². The molecule has 0 radical (unpaired) electrons. The minimum atomic E-state index is -0.0535. The van der Waals surface area contributed by atoms with E-state index >= 15 is 0 Å². The number of fused-ring (bicyclic) bond motifs is 1. The molecule has 0 fully saturated rings. The summed E-state index contributed by atoms with van der Waals surface area (Å²) < 4.78 is 0. The maximum absolute atomic E-state index is 11.2. The number of allylic oxidation sites excluding steroid dienone is 1. The van der Waals surface area contributed by atoms with Crippen molar-refractivity contribution in [3.05, 3.63) is 52.3 Å². The summed E-state index contributed by atoms with van der Waals surface area (Å²) in [6.07, 6.45) is 6.52. The maximum Gasteiger partial charge on any atom is 0.248 e. The van der Waals surface area contributed by atoms with Gasteiger partial charge in [-0.25, -0.2) is 0 Å². The lowest BCUT2D eigenvalue weighted by molar-refractivity contribution is 0.962. The second-order valence-corrected chi connectivity index (χ2v) is 3.82. The first-order chi connectivity index (χ1) is 7.81. The van der Waals surface area contributed by atoms with E-state index in [1.54, 1.807) is 6.07 Å². The predicted octanol–water partition coefficient (Wildman–Crippen LogP) is 3.34. The van der Waals surface area contributed by atoms with E-state index in [1.165, 1.54) is 0 Å². The van der Waals surface area contributed by atoms with Gasteiger partial charge in [-0.1, -0.05) is 37.6 Å². The Morgan fingerprint density at radius 2 is 2.12 bits per heavy atom. The van der Waals surface area contributed by atoms with Crippen molar-refractivity contribution in [1.82, 2.24) is 4.98 Å². The molecule has 0 unspecified atom stereocenters. The average Bonchev–Trinajstić information content (AvgIpc) is 2.29. The molecule has 0 amide bonds. The summed E-state index contributed by atoms with van der Waals surface area (Å²) in [7, 11) is 0. The summed E-state index contributed by atoms with van der Waals surface area (Å²) in [5, 5.41) is 1.09. The number of unbranched alkanes of at least 4 members (excludes halogenated alkanes) is 1. The van der Waals surface area contributed by atoms with E-state index < -0.39 is 0 Å². The number of nitrogens with one attached hydrogen (secondary N) is 1. The van der Waals surface area contributed by atoms with Crippen molar-refractivity contribution in [2.75, 3.05) is 0 Å². The summed E-state index contributed by atoms with van der Waals surface area (Å²) in [5.41, 5.74) is 2.00. The highest BCUT2D eigenvalue weighted by Gasteiger charge is 1.97. The number of aromatic nitrogens is 1. The van der Waals surface area contributed by atoms with Crippen molar-refractivity contribution >= 4 is 17.0 Å². The van der Waals surface area contributed by atoms with Gasteiger partial charge in [0.05, 0.1) is 0 Å². The molecule has 16 heavy (non-hydrogen) atoms. The van der Waals surface area contributed by atoms with Crippen molar-refractivity contribution in [2.24, 2.45) is 0 Å².